The van der Waals surface area contributed by atoms with Crippen LogP contribution in [0.5, 0.6) is 0 Å². The van der Waals surface area contributed by atoms with Crippen molar-refractivity contribution in [3.8, 4) is 0 Å². The first-order valence-corrected chi connectivity index (χ1v) is 8.23. The van der Waals surface area contributed by atoms with Crippen molar-refractivity contribution in [1.82, 2.24) is 20.4 Å². The van der Waals surface area contributed by atoms with E-state index in [4.69, 9.17) is 0 Å². The lowest BCUT2D eigenvalue weighted by atomic mass is 9.96. The van der Waals surface area contributed by atoms with E-state index >= 15 is 0 Å². The Balaban J connectivity index is 1.52. The maximum absolute atomic E-state index is 12.6. The van der Waals surface area contributed by atoms with Gasteiger partial charge in [0.05, 0.1) is 5.52 Å². The number of aryl methyl sites for hydroxylation is 1. The first-order chi connectivity index (χ1) is 10.7. The van der Waals surface area contributed by atoms with Crippen LogP contribution in [0.4, 0.5) is 0 Å². The Hall–Kier alpha value is -1.88. The number of aromatic nitrogens is 2. The molecule has 0 radical (unpaired) electrons. The molecule has 0 spiro atoms. The van der Waals surface area contributed by atoms with E-state index in [1.165, 1.54) is 19.5 Å². The molecule has 4 rings (SSSR count). The fraction of sp³-hybridized carbons (Fsp3) is 0.529. The van der Waals surface area contributed by atoms with Crippen LogP contribution in [0.15, 0.2) is 18.2 Å². The maximum Gasteiger partial charge on any atom is 0.251 e. The molecular weight excluding hydrogens is 276 g/mol. The Kier molecular flexibility index (Phi) is 3.37. The van der Waals surface area contributed by atoms with Crippen molar-refractivity contribution in [3.63, 3.8) is 0 Å². The molecule has 3 unspecified atom stereocenters. The fourth-order valence-electron chi connectivity index (χ4n) is 3.91. The second-order valence-corrected chi connectivity index (χ2v) is 6.61. The minimum absolute atomic E-state index is 0.0395. The van der Waals surface area contributed by atoms with Crippen molar-refractivity contribution >= 4 is 16.8 Å². The summed E-state index contributed by atoms with van der Waals surface area (Å²) in [6.45, 7) is 5.49. The molecule has 0 aliphatic carbocycles. The molecule has 5 heteroatoms. The topological polar surface area (TPSA) is 61.0 Å². The van der Waals surface area contributed by atoms with Gasteiger partial charge < -0.3 is 10.2 Å². The predicted octanol–water partition coefficient (Wildman–Crippen LogP) is 1.95. The Labute approximate surface area is 130 Å². The van der Waals surface area contributed by atoms with Crippen molar-refractivity contribution in [1.29, 1.82) is 0 Å². The van der Waals surface area contributed by atoms with Crippen molar-refractivity contribution in [2.45, 2.75) is 32.2 Å². The minimum Gasteiger partial charge on any atom is -0.348 e. The molecule has 1 aromatic carbocycles. The lowest BCUT2D eigenvalue weighted by Crippen LogP contribution is -2.47. The average Bonchev–Trinajstić information content (AvgIpc) is 3.09. The summed E-state index contributed by atoms with van der Waals surface area (Å²) in [7, 11) is 0. The summed E-state index contributed by atoms with van der Waals surface area (Å²) in [6.07, 6.45) is 3.30. The van der Waals surface area contributed by atoms with Crippen LogP contribution in [0.1, 0.15) is 35.8 Å². The largest absolute Gasteiger partial charge is 0.348 e. The molecule has 3 heterocycles. The van der Waals surface area contributed by atoms with E-state index in [-0.39, 0.29) is 5.91 Å². The molecule has 2 fully saturated rings. The summed E-state index contributed by atoms with van der Waals surface area (Å²) in [5.74, 6) is 0.805. The van der Waals surface area contributed by atoms with E-state index in [1.807, 2.05) is 18.2 Å². The molecule has 2 bridgehead atoms. The molecular formula is C17H22N4O. The summed E-state index contributed by atoms with van der Waals surface area (Å²) in [6, 6.07) is 6.05. The molecule has 5 nitrogen and oxygen atoms in total. The van der Waals surface area contributed by atoms with Gasteiger partial charge in [0.2, 0.25) is 0 Å². The molecule has 116 valence electrons. The highest BCUT2D eigenvalue weighted by Crippen LogP contribution is 2.27. The van der Waals surface area contributed by atoms with E-state index in [0.29, 0.717) is 6.04 Å². The number of piperidine rings is 1. The van der Waals surface area contributed by atoms with Crippen LogP contribution < -0.4 is 5.32 Å². The Morgan fingerprint density at radius 1 is 1.45 bits per heavy atom. The van der Waals surface area contributed by atoms with Gasteiger partial charge in [-0.05, 0) is 49.9 Å². The van der Waals surface area contributed by atoms with Crippen molar-refractivity contribution in [3.05, 3.63) is 29.5 Å². The highest BCUT2D eigenvalue weighted by molar-refractivity contribution is 5.98. The third-order valence-corrected chi connectivity index (χ3v) is 5.05. The number of aromatic amines is 1. The summed E-state index contributed by atoms with van der Waals surface area (Å²) in [5.41, 5.74) is 2.75. The number of carbonyl (C=O) groups is 1. The number of fused-ring (bicyclic) bond motifs is 3. The molecule has 22 heavy (non-hydrogen) atoms. The highest BCUT2D eigenvalue weighted by Gasteiger charge is 2.32. The second-order valence-electron chi connectivity index (χ2n) is 6.61. The Morgan fingerprint density at radius 3 is 3.18 bits per heavy atom. The fourth-order valence-corrected chi connectivity index (χ4v) is 3.91. The van der Waals surface area contributed by atoms with Gasteiger partial charge in [-0.1, -0.05) is 6.92 Å². The summed E-state index contributed by atoms with van der Waals surface area (Å²) < 4.78 is 0. The number of benzene rings is 1. The monoisotopic (exact) mass is 298 g/mol. The number of H-pyrrole nitrogens is 1. The van der Waals surface area contributed by atoms with E-state index in [9.17, 15) is 4.79 Å². The molecule has 3 atom stereocenters. The van der Waals surface area contributed by atoms with Crippen LogP contribution in [0.3, 0.4) is 0 Å². The molecule has 1 aromatic heterocycles. The summed E-state index contributed by atoms with van der Waals surface area (Å²) in [5, 5.41) is 11.6. The average molecular weight is 298 g/mol. The lowest BCUT2D eigenvalue weighted by molar-refractivity contribution is 0.0909. The van der Waals surface area contributed by atoms with Crippen LogP contribution in [0, 0.1) is 5.92 Å². The number of nitrogens with zero attached hydrogens (tertiary/aromatic N) is 2. The summed E-state index contributed by atoms with van der Waals surface area (Å²) >= 11 is 0. The van der Waals surface area contributed by atoms with Gasteiger partial charge in [-0.25, -0.2) is 0 Å². The highest BCUT2D eigenvalue weighted by atomic mass is 16.1. The minimum atomic E-state index is 0.0395. The van der Waals surface area contributed by atoms with Gasteiger partial charge in [0.25, 0.3) is 5.91 Å². The number of hydrogen-bond donors (Lipinski definition) is 2. The number of amides is 1. The summed E-state index contributed by atoms with van der Waals surface area (Å²) in [4.78, 5) is 15.0. The zero-order chi connectivity index (χ0) is 15.1. The van der Waals surface area contributed by atoms with Crippen LogP contribution in [0.25, 0.3) is 10.9 Å². The Bertz CT molecular complexity index is 696. The standard InChI is InChI=1S/C17H22N4O/c1-2-15-14-8-12(3-4-16(14)20-19-15)17(22)18-13-7-11-5-6-21(9-11)10-13/h3-4,8,11,13H,2,5-7,9-10H2,1H3,(H,18,22)(H,19,20). The van der Waals surface area contributed by atoms with E-state index < -0.39 is 0 Å². The van der Waals surface area contributed by atoms with Gasteiger partial charge in [-0.3, -0.25) is 9.89 Å². The van der Waals surface area contributed by atoms with Gasteiger partial charge in [0, 0.05) is 35.8 Å². The smallest absolute Gasteiger partial charge is 0.251 e. The molecule has 2 aliphatic heterocycles. The second kappa shape index (κ2) is 5.39. The number of carbonyl (C=O) groups excluding carboxylic acids is 1. The zero-order valence-electron chi connectivity index (χ0n) is 12.9. The van der Waals surface area contributed by atoms with Gasteiger partial charge >= 0.3 is 0 Å². The normalized spacial score (nSPS) is 27.2. The van der Waals surface area contributed by atoms with E-state index in [0.717, 1.165) is 47.5 Å². The van der Waals surface area contributed by atoms with Gasteiger partial charge in [-0.15, -0.1) is 0 Å². The van der Waals surface area contributed by atoms with E-state index in [1.54, 1.807) is 0 Å². The van der Waals surface area contributed by atoms with Crippen LogP contribution in [-0.4, -0.2) is 46.7 Å². The van der Waals surface area contributed by atoms with Gasteiger partial charge in [0.1, 0.15) is 0 Å². The van der Waals surface area contributed by atoms with Crippen LogP contribution >= 0.6 is 0 Å². The number of nitrogens with one attached hydrogen (secondary N) is 2. The first-order valence-electron chi connectivity index (χ1n) is 8.23. The maximum atomic E-state index is 12.6. The molecule has 1 amide bonds. The molecule has 2 N–H and O–H groups in total. The Morgan fingerprint density at radius 2 is 2.36 bits per heavy atom. The van der Waals surface area contributed by atoms with Crippen molar-refractivity contribution in [2.24, 2.45) is 5.92 Å². The van der Waals surface area contributed by atoms with E-state index in [2.05, 4.69) is 27.3 Å². The molecule has 2 aromatic rings. The SMILES string of the molecule is CCc1[nH]nc2ccc(C(=O)NC3CC4CCN(C4)C3)cc12. The number of rotatable bonds is 3. The third kappa shape index (κ3) is 2.39. The number of hydrogen-bond acceptors (Lipinski definition) is 3. The first kappa shape index (κ1) is 13.8. The lowest BCUT2D eigenvalue weighted by Gasteiger charge is -2.30. The molecule has 2 aliphatic rings. The van der Waals surface area contributed by atoms with Crippen LogP contribution in [0.2, 0.25) is 0 Å². The van der Waals surface area contributed by atoms with Gasteiger partial charge in [-0.2, -0.15) is 5.10 Å². The van der Waals surface area contributed by atoms with Crippen LogP contribution in [-0.2, 0) is 6.42 Å². The van der Waals surface area contributed by atoms with Crippen molar-refractivity contribution in [2.75, 3.05) is 19.6 Å². The molecule has 0 saturated carbocycles. The van der Waals surface area contributed by atoms with Crippen molar-refractivity contribution < 1.29 is 4.79 Å². The molecule has 2 saturated heterocycles. The van der Waals surface area contributed by atoms with Gasteiger partial charge in [0.15, 0.2) is 0 Å². The third-order valence-electron chi connectivity index (χ3n) is 5.05. The predicted molar refractivity (Wildman–Crippen MR) is 85.9 cm³/mol. The zero-order valence-corrected chi connectivity index (χ0v) is 12.9. The quantitative estimate of drug-likeness (QED) is 0.910.